The van der Waals surface area contributed by atoms with E-state index in [0.29, 0.717) is 6.42 Å². The first-order valence-electron chi connectivity index (χ1n) is 20.6. The Morgan fingerprint density at radius 1 is 0.520 bits per heavy atom. The molecule has 0 saturated heterocycles. The highest BCUT2D eigenvalue weighted by atomic mass is 31.2. The Hall–Kier alpha value is -1.47. The maximum atomic E-state index is 12.4. The van der Waals surface area contributed by atoms with Crippen LogP contribution in [0.25, 0.3) is 0 Å². The van der Waals surface area contributed by atoms with Crippen LogP contribution in [0.1, 0.15) is 206 Å². The molecule has 0 heterocycles. The van der Waals surface area contributed by atoms with E-state index < -0.39 is 32.5 Å². The first-order valence-corrected chi connectivity index (χ1v) is 22.2. The molecular formula is C41H77O8P. The van der Waals surface area contributed by atoms with E-state index in [1.54, 1.807) is 0 Å². The van der Waals surface area contributed by atoms with Crippen molar-refractivity contribution in [1.29, 1.82) is 0 Å². The number of carbonyl (C=O) groups is 2. The van der Waals surface area contributed by atoms with Crippen molar-refractivity contribution in [2.24, 2.45) is 0 Å². The third kappa shape index (κ3) is 39.3. The van der Waals surface area contributed by atoms with E-state index in [4.69, 9.17) is 19.3 Å². The average molecular weight is 729 g/mol. The second kappa shape index (κ2) is 37.3. The molecule has 0 rings (SSSR count). The quantitative estimate of drug-likeness (QED) is 0.0279. The Bertz CT molecular complexity index is 869. The number of phosphoric ester groups is 1. The summed E-state index contributed by atoms with van der Waals surface area (Å²) < 4.78 is 26.4. The highest BCUT2D eigenvalue weighted by molar-refractivity contribution is 7.46. The Labute approximate surface area is 307 Å². The van der Waals surface area contributed by atoms with Crippen molar-refractivity contribution in [3.8, 4) is 0 Å². The van der Waals surface area contributed by atoms with Crippen molar-refractivity contribution in [1.82, 2.24) is 0 Å². The fraction of sp³-hybridized carbons (Fsp3) is 0.854. The monoisotopic (exact) mass is 729 g/mol. The van der Waals surface area contributed by atoms with Gasteiger partial charge in [-0.1, -0.05) is 179 Å². The van der Waals surface area contributed by atoms with Crippen LogP contribution in [0, 0.1) is 0 Å². The fourth-order valence-corrected chi connectivity index (χ4v) is 6.22. The molecule has 0 saturated carbocycles. The molecule has 294 valence electrons. The Kier molecular flexibility index (Phi) is 36.2. The third-order valence-electron chi connectivity index (χ3n) is 8.97. The van der Waals surface area contributed by atoms with Gasteiger partial charge in [-0.25, -0.2) is 4.57 Å². The van der Waals surface area contributed by atoms with Crippen molar-refractivity contribution in [3.05, 3.63) is 24.3 Å². The fourth-order valence-electron chi connectivity index (χ4n) is 5.86. The summed E-state index contributed by atoms with van der Waals surface area (Å²) in [6.45, 7) is 3.65. The van der Waals surface area contributed by atoms with Crippen molar-refractivity contribution in [2.45, 2.75) is 213 Å². The van der Waals surface area contributed by atoms with Gasteiger partial charge < -0.3 is 19.3 Å². The maximum absolute atomic E-state index is 12.4. The van der Waals surface area contributed by atoms with Gasteiger partial charge >= 0.3 is 19.8 Å². The van der Waals surface area contributed by atoms with Gasteiger partial charge in [-0.3, -0.25) is 14.1 Å². The van der Waals surface area contributed by atoms with Gasteiger partial charge in [0.05, 0.1) is 6.61 Å². The minimum atomic E-state index is -4.75. The highest BCUT2D eigenvalue weighted by Gasteiger charge is 2.22. The zero-order valence-corrected chi connectivity index (χ0v) is 33.2. The van der Waals surface area contributed by atoms with Gasteiger partial charge in [0, 0.05) is 12.8 Å². The van der Waals surface area contributed by atoms with Crippen LogP contribution in [-0.4, -0.2) is 41.0 Å². The van der Waals surface area contributed by atoms with Gasteiger partial charge in [-0.2, -0.15) is 0 Å². The summed E-state index contributed by atoms with van der Waals surface area (Å²) in [5.41, 5.74) is 0. The molecule has 0 fully saturated rings. The number of allylic oxidation sites excluding steroid dienone is 4. The van der Waals surface area contributed by atoms with E-state index in [1.807, 2.05) is 0 Å². The molecule has 0 radical (unpaired) electrons. The molecule has 1 atom stereocenters. The predicted molar refractivity (Wildman–Crippen MR) is 207 cm³/mol. The van der Waals surface area contributed by atoms with Crippen LogP contribution in [0.15, 0.2) is 24.3 Å². The Morgan fingerprint density at radius 2 is 0.920 bits per heavy atom. The number of ether oxygens (including phenoxy) is 2. The second-order valence-electron chi connectivity index (χ2n) is 14.0. The molecule has 0 aliphatic rings. The molecule has 9 heteroatoms. The van der Waals surface area contributed by atoms with E-state index in [-0.39, 0.29) is 19.4 Å². The number of hydrogen-bond acceptors (Lipinski definition) is 6. The molecule has 0 aromatic rings. The number of rotatable bonds is 38. The van der Waals surface area contributed by atoms with Crippen LogP contribution in [0.4, 0.5) is 0 Å². The molecule has 8 nitrogen and oxygen atoms in total. The van der Waals surface area contributed by atoms with Crippen LogP contribution in [0.3, 0.4) is 0 Å². The molecule has 0 aliphatic carbocycles. The molecule has 0 amide bonds. The summed E-state index contributed by atoms with van der Waals surface area (Å²) in [5.74, 6) is -0.893. The summed E-state index contributed by atoms with van der Waals surface area (Å²) >= 11 is 0. The topological polar surface area (TPSA) is 119 Å². The summed E-state index contributed by atoms with van der Waals surface area (Å²) in [4.78, 5) is 42.8. The molecule has 0 aliphatic heterocycles. The van der Waals surface area contributed by atoms with Gasteiger partial charge in [0.25, 0.3) is 0 Å². The first-order chi connectivity index (χ1) is 24.3. The minimum Gasteiger partial charge on any atom is -0.462 e. The molecule has 0 aromatic heterocycles. The molecule has 0 spiro atoms. The van der Waals surface area contributed by atoms with Crippen molar-refractivity contribution in [3.63, 3.8) is 0 Å². The number of hydrogen-bond donors (Lipinski definition) is 2. The van der Waals surface area contributed by atoms with Crippen molar-refractivity contribution < 1.29 is 37.9 Å². The van der Waals surface area contributed by atoms with Gasteiger partial charge in [0.2, 0.25) is 0 Å². The standard InChI is InChI=1S/C41H77O8P/c1-3-5-7-9-11-13-15-17-19-20-21-22-24-25-27-29-31-33-35-40(42)47-37-39(38-48-50(44,45)46)49-41(43)36-34-32-30-28-26-23-18-16-14-12-10-8-6-4-2/h10,12,16,18,39H,3-9,11,13-15,17,19-38H2,1-2H3,(H2,44,45,46)/b12-10+,18-16+/t39-/m1/s1. The van der Waals surface area contributed by atoms with E-state index in [2.05, 4.69) is 42.7 Å². The third-order valence-corrected chi connectivity index (χ3v) is 9.46. The minimum absolute atomic E-state index is 0.198. The molecule has 0 aromatic carbocycles. The van der Waals surface area contributed by atoms with Gasteiger partial charge in [-0.05, 0) is 38.5 Å². The van der Waals surface area contributed by atoms with Gasteiger partial charge in [0.1, 0.15) is 6.61 Å². The first kappa shape index (κ1) is 48.5. The number of esters is 2. The van der Waals surface area contributed by atoms with Crippen molar-refractivity contribution >= 4 is 19.8 Å². The maximum Gasteiger partial charge on any atom is 0.469 e. The van der Waals surface area contributed by atoms with E-state index in [9.17, 15) is 14.2 Å². The molecular weight excluding hydrogens is 651 g/mol. The van der Waals surface area contributed by atoms with Gasteiger partial charge in [0.15, 0.2) is 6.10 Å². The Morgan fingerprint density at radius 3 is 1.38 bits per heavy atom. The summed E-state index contributed by atoms with van der Waals surface area (Å²) in [7, 11) is -4.75. The lowest BCUT2D eigenvalue weighted by Crippen LogP contribution is -2.29. The second-order valence-corrected chi connectivity index (χ2v) is 15.2. The normalized spacial score (nSPS) is 12.6. The van der Waals surface area contributed by atoms with E-state index >= 15 is 0 Å². The van der Waals surface area contributed by atoms with Crippen LogP contribution in [0.2, 0.25) is 0 Å². The van der Waals surface area contributed by atoms with Crippen LogP contribution < -0.4 is 0 Å². The van der Waals surface area contributed by atoms with E-state index in [0.717, 1.165) is 64.2 Å². The lowest BCUT2D eigenvalue weighted by Gasteiger charge is -2.18. The zero-order chi connectivity index (χ0) is 36.8. The van der Waals surface area contributed by atoms with E-state index in [1.165, 1.54) is 109 Å². The number of unbranched alkanes of at least 4 members (excludes halogenated alkanes) is 24. The molecule has 0 bridgehead atoms. The smallest absolute Gasteiger partial charge is 0.462 e. The lowest BCUT2D eigenvalue weighted by molar-refractivity contribution is -0.161. The van der Waals surface area contributed by atoms with Crippen LogP contribution in [0.5, 0.6) is 0 Å². The predicted octanol–water partition coefficient (Wildman–Crippen LogP) is 12.4. The highest BCUT2D eigenvalue weighted by Crippen LogP contribution is 2.36. The van der Waals surface area contributed by atoms with Crippen LogP contribution in [-0.2, 0) is 28.2 Å². The summed E-state index contributed by atoms with van der Waals surface area (Å²) in [6, 6.07) is 0. The molecule has 2 N–H and O–H groups in total. The molecule has 50 heavy (non-hydrogen) atoms. The van der Waals surface area contributed by atoms with Crippen molar-refractivity contribution in [2.75, 3.05) is 13.2 Å². The summed E-state index contributed by atoms with van der Waals surface area (Å²) in [5, 5.41) is 0. The Balaban J connectivity index is 3.90. The number of phosphoric acid groups is 1. The largest absolute Gasteiger partial charge is 0.469 e. The van der Waals surface area contributed by atoms with Gasteiger partial charge in [-0.15, -0.1) is 0 Å². The van der Waals surface area contributed by atoms with Crippen LogP contribution >= 0.6 is 7.82 Å². The average Bonchev–Trinajstić information content (AvgIpc) is 3.08. The summed E-state index contributed by atoms with van der Waals surface area (Å²) in [6.07, 6.45) is 41.8. The zero-order valence-electron chi connectivity index (χ0n) is 32.3. The number of carbonyl (C=O) groups excluding carboxylic acids is 2. The lowest BCUT2D eigenvalue weighted by atomic mass is 10.0. The SMILES string of the molecule is CCCC/C=C/C/C=C/CCCCCCCC(=O)O[C@H](COC(=O)CCCCCCCCCCCCCCCCCCCC)COP(=O)(O)O. The molecule has 0 unspecified atom stereocenters.